The van der Waals surface area contributed by atoms with Crippen LogP contribution in [0.15, 0.2) is 36.5 Å². The summed E-state index contributed by atoms with van der Waals surface area (Å²) in [6, 6.07) is 8.64. The third kappa shape index (κ3) is 1.69. The highest BCUT2D eigenvalue weighted by Gasteiger charge is 2.29. The summed E-state index contributed by atoms with van der Waals surface area (Å²) < 4.78 is 1.69. The van der Waals surface area contributed by atoms with Crippen molar-refractivity contribution in [1.82, 2.24) is 9.78 Å². The van der Waals surface area contributed by atoms with E-state index in [2.05, 4.69) is 5.10 Å². The van der Waals surface area contributed by atoms with E-state index in [0.29, 0.717) is 11.6 Å². The maximum Gasteiger partial charge on any atom is 0.294 e. The van der Waals surface area contributed by atoms with Gasteiger partial charge in [-0.1, -0.05) is 12.1 Å². The number of benzene rings is 1. The molecule has 1 aromatic heterocycles. The third-order valence-electron chi connectivity index (χ3n) is 2.97. The van der Waals surface area contributed by atoms with Gasteiger partial charge in [-0.05, 0) is 25.0 Å². The van der Waals surface area contributed by atoms with E-state index in [4.69, 9.17) is 0 Å². The predicted octanol–water partition coefficient (Wildman–Crippen LogP) is 2.66. The second-order valence-corrected chi connectivity index (χ2v) is 4.19. The van der Waals surface area contributed by atoms with Gasteiger partial charge in [0.1, 0.15) is 5.69 Å². The summed E-state index contributed by atoms with van der Waals surface area (Å²) in [6.07, 6.45) is 3.99. The standard InChI is InChI=1S/C12H11N3O2/c16-15(17)12-4-2-1-3-11(12)14-10(7-8-13-14)9-5-6-9/h1-4,7-9H,5-6H2. The number of aromatic nitrogens is 2. The molecule has 1 aliphatic rings. The van der Waals surface area contributed by atoms with Crippen molar-refractivity contribution in [3.63, 3.8) is 0 Å². The van der Waals surface area contributed by atoms with E-state index in [1.807, 2.05) is 6.07 Å². The molecular formula is C12H11N3O2. The summed E-state index contributed by atoms with van der Waals surface area (Å²) >= 11 is 0. The SMILES string of the molecule is O=[N+]([O-])c1ccccc1-n1nccc1C1CC1. The first-order valence-corrected chi connectivity index (χ1v) is 5.55. The number of rotatable bonds is 3. The fourth-order valence-electron chi connectivity index (χ4n) is 2.00. The molecule has 17 heavy (non-hydrogen) atoms. The molecular weight excluding hydrogens is 218 g/mol. The van der Waals surface area contributed by atoms with Crippen LogP contribution in [0, 0.1) is 10.1 Å². The molecule has 5 nitrogen and oxygen atoms in total. The molecule has 1 saturated carbocycles. The summed E-state index contributed by atoms with van der Waals surface area (Å²) in [7, 11) is 0. The maximum atomic E-state index is 11.0. The van der Waals surface area contributed by atoms with Gasteiger partial charge in [-0.15, -0.1) is 0 Å². The van der Waals surface area contributed by atoms with Gasteiger partial charge in [-0.3, -0.25) is 10.1 Å². The van der Waals surface area contributed by atoms with E-state index in [1.165, 1.54) is 6.07 Å². The van der Waals surface area contributed by atoms with E-state index in [-0.39, 0.29) is 10.6 Å². The first kappa shape index (κ1) is 10.0. The van der Waals surface area contributed by atoms with Crippen LogP contribution in [0.2, 0.25) is 0 Å². The average molecular weight is 229 g/mol. The first-order chi connectivity index (χ1) is 8.27. The van der Waals surface area contributed by atoms with E-state index >= 15 is 0 Å². The minimum Gasteiger partial charge on any atom is -0.258 e. The van der Waals surface area contributed by atoms with E-state index in [0.717, 1.165) is 18.5 Å². The van der Waals surface area contributed by atoms with Crippen molar-refractivity contribution in [2.45, 2.75) is 18.8 Å². The molecule has 0 saturated heterocycles. The van der Waals surface area contributed by atoms with Crippen molar-refractivity contribution in [2.24, 2.45) is 0 Å². The smallest absolute Gasteiger partial charge is 0.258 e. The largest absolute Gasteiger partial charge is 0.294 e. The van der Waals surface area contributed by atoms with Crippen molar-refractivity contribution >= 4 is 5.69 Å². The summed E-state index contributed by atoms with van der Waals surface area (Å²) in [5.41, 5.74) is 1.71. The highest BCUT2D eigenvalue weighted by Crippen LogP contribution is 2.41. The molecule has 86 valence electrons. The van der Waals surface area contributed by atoms with Crippen LogP contribution in [0.5, 0.6) is 0 Å². The highest BCUT2D eigenvalue weighted by atomic mass is 16.6. The quantitative estimate of drug-likeness (QED) is 0.600. The Labute approximate surface area is 97.8 Å². The molecule has 0 atom stereocenters. The molecule has 5 heteroatoms. The van der Waals surface area contributed by atoms with Gasteiger partial charge in [0.15, 0.2) is 0 Å². The number of hydrogen-bond donors (Lipinski definition) is 0. The van der Waals surface area contributed by atoms with Crippen molar-refractivity contribution in [3.8, 4) is 5.69 Å². The fourth-order valence-corrected chi connectivity index (χ4v) is 2.00. The van der Waals surface area contributed by atoms with Gasteiger partial charge >= 0.3 is 0 Å². The molecule has 1 heterocycles. The second-order valence-electron chi connectivity index (χ2n) is 4.19. The Morgan fingerprint density at radius 1 is 1.29 bits per heavy atom. The maximum absolute atomic E-state index is 11.0. The van der Waals surface area contributed by atoms with Crippen molar-refractivity contribution in [3.05, 3.63) is 52.3 Å². The van der Waals surface area contributed by atoms with Gasteiger partial charge in [-0.2, -0.15) is 5.10 Å². The molecule has 0 amide bonds. The topological polar surface area (TPSA) is 61.0 Å². The zero-order valence-electron chi connectivity index (χ0n) is 9.11. The van der Waals surface area contributed by atoms with Gasteiger partial charge in [0.05, 0.1) is 4.92 Å². The van der Waals surface area contributed by atoms with E-state index < -0.39 is 0 Å². The normalized spacial score (nSPS) is 14.8. The molecule has 1 aromatic carbocycles. The minimum absolute atomic E-state index is 0.0955. The number of nitro benzene ring substituents is 1. The Balaban J connectivity index is 2.14. The lowest BCUT2D eigenvalue weighted by molar-refractivity contribution is -0.384. The van der Waals surface area contributed by atoms with Crippen LogP contribution in [0.1, 0.15) is 24.5 Å². The zero-order valence-corrected chi connectivity index (χ0v) is 9.11. The lowest BCUT2D eigenvalue weighted by Crippen LogP contribution is -2.04. The molecule has 0 spiro atoms. The lowest BCUT2D eigenvalue weighted by Gasteiger charge is -2.06. The van der Waals surface area contributed by atoms with Gasteiger partial charge in [0.2, 0.25) is 0 Å². The van der Waals surface area contributed by atoms with Crippen molar-refractivity contribution in [1.29, 1.82) is 0 Å². The van der Waals surface area contributed by atoms with Crippen LogP contribution >= 0.6 is 0 Å². The number of nitrogens with zero attached hydrogens (tertiary/aromatic N) is 3. The minimum atomic E-state index is -0.367. The third-order valence-corrected chi connectivity index (χ3v) is 2.97. The summed E-state index contributed by atoms with van der Waals surface area (Å²) in [5.74, 6) is 0.511. The van der Waals surface area contributed by atoms with Crippen LogP contribution in [-0.4, -0.2) is 14.7 Å². The summed E-state index contributed by atoms with van der Waals surface area (Å²) in [5, 5.41) is 15.2. The molecule has 0 aliphatic heterocycles. The molecule has 2 aromatic rings. The molecule has 1 fully saturated rings. The van der Waals surface area contributed by atoms with E-state index in [1.54, 1.807) is 29.1 Å². The van der Waals surface area contributed by atoms with Crippen LogP contribution in [0.4, 0.5) is 5.69 Å². The molecule has 0 bridgehead atoms. The van der Waals surface area contributed by atoms with Crippen LogP contribution in [0.3, 0.4) is 0 Å². The predicted molar refractivity (Wildman–Crippen MR) is 62.2 cm³/mol. The molecule has 0 unspecified atom stereocenters. The fraction of sp³-hybridized carbons (Fsp3) is 0.250. The van der Waals surface area contributed by atoms with Crippen LogP contribution in [-0.2, 0) is 0 Å². The van der Waals surface area contributed by atoms with Gasteiger partial charge < -0.3 is 0 Å². The Kier molecular flexibility index (Phi) is 2.18. The van der Waals surface area contributed by atoms with E-state index in [9.17, 15) is 10.1 Å². The molecule has 0 radical (unpaired) electrons. The summed E-state index contributed by atoms with van der Waals surface area (Å²) in [4.78, 5) is 10.6. The molecule has 3 rings (SSSR count). The Hall–Kier alpha value is -2.17. The number of nitro groups is 1. The van der Waals surface area contributed by atoms with Crippen molar-refractivity contribution in [2.75, 3.05) is 0 Å². The van der Waals surface area contributed by atoms with Gasteiger partial charge in [-0.25, -0.2) is 4.68 Å². The average Bonchev–Trinajstić information content (AvgIpc) is 3.07. The first-order valence-electron chi connectivity index (χ1n) is 5.55. The highest BCUT2D eigenvalue weighted by molar-refractivity contribution is 5.52. The number of hydrogen-bond acceptors (Lipinski definition) is 3. The van der Waals surface area contributed by atoms with Crippen LogP contribution in [0.25, 0.3) is 5.69 Å². The lowest BCUT2D eigenvalue weighted by atomic mass is 10.2. The summed E-state index contributed by atoms with van der Waals surface area (Å²) in [6.45, 7) is 0. The Bertz CT molecular complexity index is 573. The van der Waals surface area contributed by atoms with Gasteiger partial charge in [0.25, 0.3) is 5.69 Å². The second kappa shape index (κ2) is 3.69. The Morgan fingerprint density at radius 2 is 2.06 bits per heavy atom. The molecule has 1 aliphatic carbocycles. The van der Waals surface area contributed by atoms with Gasteiger partial charge in [0, 0.05) is 23.9 Å². The van der Waals surface area contributed by atoms with Crippen molar-refractivity contribution < 1.29 is 4.92 Å². The van der Waals surface area contributed by atoms with Crippen LogP contribution < -0.4 is 0 Å². The number of para-hydroxylation sites is 2. The monoisotopic (exact) mass is 229 g/mol. The Morgan fingerprint density at radius 3 is 2.76 bits per heavy atom. The zero-order chi connectivity index (χ0) is 11.8. The molecule has 0 N–H and O–H groups in total.